The number of carboxylic acids is 1. The number of thiazole rings is 1. The maximum absolute atomic E-state index is 10.9. The number of aromatic nitrogens is 1. The summed E-state index contributed by atoms with van der Waals surface area (Å²) in [5, 5.41) is 15.3. The van der Waals surface area contributed by atoms with Crippen LogP contribution in [0.3, 0.4) is 0 Å². The number of nitrogens with zero attached hydrogens (tertiary/aromatic N) is 1. The Balaban J connectivity index is 2.10. The van der Waals surface area contributed by atoms with Crippen LogP contribution in [0.25, 0.3) is 0 Å². The predicted molar refractivity (Wildman–Crippen MR) is 72.6 cm³/mol. The number of aryl methyl sites for hydroxylation is 1. The molecule has 2 aromatic rings. The van der Waals surface area contributed by atoms with E-state index in [0.29, 0.717) is 12.2 Å². The highest BCUT2D eigenvalue weighted by atomic mass is 35.5. The van der Waals surface area contributed by atoms with Crippen molar-refractivity contribution in [2.24, 2.45) is 0 Å². The fourth-order valence-corrected chi connectivity index (χ4v) is 2.29. The minimum absolute atomic E-state index is 0.0936. The maximum Gasteiger partial charge on any atom is 0.337 e. The molecule has 0 radical (unpaired) electrons. The van der Waals surface area contributed by atoms with E-state index in [-0.39, 0.29) is 10.6 Å². The second-order valence-electron chi connectivity index (χ2n) is 3.71. The van der Waals surface area contributed by atoms with Crippen LogP contribution in [0.1, 0.15) is 21.1 Å². The van der Waals surface area contributed by atoms with E-state index in [1.54, 1.807) is 23.5 Å². The van der Waals surface area contributed by atoms with Crippen molar-refractivity contribution in [2.45, 2.75) is 13.5 Å². The zero-order valence-electron chi connectivity index (χ0n) is 9.61. The molecule has 4 nitrogen and oxygen atoms in total. The van der Waals surface area contributed by atoms with Gasteiger partial charge in [0.05, 0.1) is 27.8 Å². The molecule has 2 N–H and O–H groups in total. The fraction of sp³-hybridized carbons (Fsp3) is 0.167. The van der Waals surface area contributed by atoms with Gasteiger partial charge in [-0.15, -0.1) is 11.3 Å². The van der Waals surface area contributed by atoms with E-state index < -0.39 is 5.97 Å². The smallest absolute Gasteiger partial charge is 0.337 e. The zero-order valence-corrected chi connectivity index (χ0v) is 11.2. The molecule has 0 fully saturated rings. The Bertz CT molecular complexity index is 583. The zero-order chi connectivity index (χ0) is 13.1. The molecule has 0 spiro atoms. The Labute approximate surface area is 113 Å². The van der Waals surface area contributed by atoms with Gasteiger partial charge >= 0.3 is 5.97 Å². The van der Waals surface area contributed by atoms with Gasteiger partial charge in [0.25, 0.3) is 0 Å². The summed E-state index contributed by atoms with van der Waals surface area (Å²) in [6, 6.07) is 4.83. The number of rotatable bonds is 4. The van der Waals surface area contributed by atoms with Crippen LogP contribution in [0, 0.1) is 6.92 Å². The molecule has 1 aromatic heterocycles. The summed E-state index contributed by atoms with van der Waals surface area (Å²) in [5.41, 5.74) is 1.74. The van der Waals surface area contributed by atoms with Crippen molar-refractivity contribution in [1.29, 1.82) is 0 Å². The van der Waals surface area contributed by atoms with E-state index in [9.17, 15) is 4.79 Å². The molecule has 0 aliphatic carbocycles. The Morgan fingerprint density at radius 1 is 1.56 bits per heavy atom. The molecule has 1 heterocycles. The van der Waals surface area contributed by atoms with Crippen molar-refractivity contribution in [2.75, 3.05) is 5.32 Å². The Morgan fingerprint density at radius 3 is 2.94 bits per heavy atom. The first-order valence-electron chi connectivity index (χ1n) is 5.24. The summed E-state index contributed by atoms with van der Waals surface area (Å²) < 4.78 is 0. The molecule has 0 aliphatic heterocycles. The number of carbonyl (C=O) groups is 1. The monoisotopic (exact) mass is 282 g/mol. The lowest BCUT2D eigenvalue weighted by molar-refractivity contribution is 0.0697. The van der Waals surface area contributed by atoms with E-state index in [1.807, 2.05) is 12.3 Å². The highest BCUT2D eigenvalue weighted by Gasteiger charge is 2.09. The van der Waals surface area contributed by atoms with Crippen molar-refractivity contribution in [3.8, 4) is 0 Å². The number of anilines is 1. The number of halogens is 1. The molecule has 0 saturated carbocycles. The quantitative estimate of drug-likeness (QED) is 0.902. The molecular weight excluding hydrogens is 272 g/mol. The summed E-state index contributed by atoms with van der Waals surface area (Å²) in [4.78, 5) is 15.2. The Kier molecular flexibility index (Phi) is 3.84. The summed E-state index contributed by atoms with van der Waals surface area (Å²) in [6.45, 7) is 2.50. The summed E-state index contributed by atoms with van der Waals surface area (Å²) >= 11 is 7.38. The normalized spacial score (nSPS) is 10.3. The van der Waals surface area contributed by atoms with Crippen LogP contribution < -0.4 is 5.32 Å². The largest absolute Gasteiger partial charge is 0.478 e. The van der Waals surface area contributed by atoms with Crippen LogP contribution in [-0.4, -0.2) is 16.1 Å². The molecule has 18 heavy (non-hydrogen) atoms. The fourth-order valence-electron chi connectivity index (χ4n) is 1.48. The van der Waals surface area contributed by atoms with Gasteiger partial charge in [0.1, 0.15) is 0 Å². The molecule has 1 aromatic carbocycles. The third-order valence-corrected chi connectivity index (χ3v) is 3.49. The molecule has 6 heteroatoms. The van der Waals surface area contributed by atoms with Crippen molar-refractivity contribution < 1.29 is 9.90 Å². The van der Waals surface area contributed by atoms with Gasteiger partial charge in [0.2, 0.25) is 0 Å². The Morgan fingerprint density at radius 2 is 2.33 bits per heavy atom. The second kappa shape index (κ2) is 5.37. The lowest BCUT2D eigenvalue weighted by Crippen LogP contribution is -2.03. The molecule has 94 valence electrons. The molecule has 0 saturated heterocycles. The van der Waals surface area contributed by atoms with E-state index in [4.69, 9.17) is 16.7 Å². The number of aromatic carboxylic acids is 1. The number of hydrogen-bond donors (Lipinski definition) is 2. The van der Waals surface area contributed by atoms with Crippen molar-refractivity contribution >= 4 is 34.6 Å². The predicted octanol–water partition coefficient (Wildman–Crippen LogP) is 3.42. The molecular formula is C12H11ClN2O2S. The first-order chi connectivity index (χ1) is 8.56. The van der Waals surface area contributed by atoms with Crippen LogP contribution >= 0.6 is 22.9 Å². The van der Waals surface area contributed by atoms with Gasteiger partial charge in [0.15, 0.2) is 0 Å². The van der Waals surface area contributed by atoms with Crippen molar-refractivity contribution in [3.05, 3.63) is 44.9 Å². The van der Waals surface area contributed by atoms with Crippen LogP contribution in [-0.2, 0) is 6.54 Å². The van der Waals surface area contributed by atoms with Crippen LogP contribution in [0.4, 0.5) is 5.69 Å². The molecule has 0 aliphatic rings. The van der Waals surface area contributed by atoms with Gasteiger partial charge in [-0.2, -0.15) is 0 Å². The van der Waals surface area contributed by atoms with Crippen LogP contribution in [0.5, 0.6) is 0 Å². The SMILES string of the molecule is Cc1nc(CNc2ccc(Cl)c(C(=O)O)c2)cs1. The average Bonchev–Trinajstić information content (AvgIpc) is 2.74. The van der Waals surface area contributed by atoms with Gasteiger partial charge in [0, 0.05) is 11.1 Å². The summed E-state index contributed by atoms with van der Waals surface area (Å²) in [6.07, 6.45) is 0. The van der Waals surface area contributed by atoms with E-state index in [2.05, 4.69) is 10.3 Å². The van der Waals surface area contributed by atoms with Gasteiger partial charge in [-0.05, 0) is 25.1 Å². The van der Waals surface area contributed by atoms with E-state index in [1.165, 1.54) is 6.07 Å². The van der Waals surface area contributed by atoms with E-state index >= 15 is 0 Å². The number of nitrogens with one attached hydrogen (secondary N) is 1. The van der Waals surface area contributed by atoms with Crippen LogP contribution in [0.2, 0.25) is 5.02 Å². The standard InChI is InChI=1S/C12H11ClN2O2S/c1-7-15-9(6-18-7)5-14-8-2-3-11(13)10(4-8)12(16)17/h2-4,6,14H,5H2,1H3,(H,16,17). The molecule has 0 unspecified atom stereocenters. The van der Waals surface area contributed by atoms with Gasteiger partial charge in [-0.1, -0.05) is 11.6 Å². The molecule has 0 amide bonds. The first kappa shape index (κ1) is 12.9. The highest BCUT2D eigenvalue weighted by molar-refractivity contribution is 7.09. The van der Waals surface area contributed by atoms with Crippen molar-refractivity contribution in [1.82, 2.24) is 4.98 Å². The average molecular weight is 283 g/mol. The number of hydrogen-bond acceptors (Lipinski definition) is 4. The topological polar surface area (TPSA) is 62.2 Å². The Hall–Kier alpha value is -1.59. The van der Waals surface area contributed by atoms with Crippen LogP contribution in [0.15, 0.2) is 23.6 Å². The number of benzene rings is 1. The third kappa shape index (κ3) is 3.00. The first-order valence-corrected chi connectivity index (χ1v) is 6.50. The lowest BCUT2D eigenvalue weighted by atomic mass is 10.2. The van der Waals surface area contributed by atoms with Gasteiger partial charge in [-0.3, -0.25) is 0 Å². The summed E-state index contributed by atoms with van der Waals surface area (Å²) in [7, 11) is 0. The lowest BCUT2D eigenvalue weighted by Gasteiger charge is -2.06. The minimum Gasteiger partial charge on any atom is -0.478 e. The summed E-state index contributed by atoms with van der Waals surface area (Å²) in [5.74, 6) is -1.03. The maximum atomic E-state index is 10.9. The number of carboxylic acid groups (broad SMARTS) is 1. The van der Waals surface area contributed by atoms with Gasteiger partial charge in [-0.25, -0.2) is 9.78 Å². The highest BCUT2D eigenvalue weighted by Crippen LogP contribution is 2.21. The second-order valence-corrected chi connectivity index (χ2v) is 5.18. The molecule has 0 bridgehead atoms. The van der Waals surface area contributed by atoms with Gasteiger partial charge < -0.3 is 10.4 Å². The van der Waals surface area contributed by atoms with E-state index in [0.717, 1.165) is 10.7 Å². The molecule has 0 atom stereocenters. The molecule has 2 rings (SSSR count). The third-order valence-electron chi connectivity index (χ3n) is 2.34. The minimum atomic E-state index is -1.03. The van der Waals surface area contributed by atoms with Crippen molar-refractivity contribution in [3.63, 3.8) is 0 Å².